The number of carbonyl (C=O) groups is 1. The molecule has 0 heterocycles. The van der Waals surface area contributed by atoms with E-state index in [0.717, 1.165) is 12.8 Å². The Hall–Kier alpha value is -0.790. The topological polar surface area (TPSA) is 26.3 Å². The van der Waals surface area contributed by atoms with Gasteiger partial charge in [-0.2, -0.15) is 0 Å². The van der Waals surface area contributed by atoms with Gasteiger partial charge in [0, 0.05) is 6.42 Å². The molecular formula is C58H114O2. The molecule has 0 radical (unpaired) electrons. The zero-order valence-corrected chi connectivity index (χ0v) is 41.9. The summed E-state index contributed by atoms with van der Waals surface area (Å²) in [5.74, 6) is 0.0315. The third-order valence-corrected chi connectivity index (χ3v) is 13.4. The fraction of sp³-hybridized carbons (Fsp3) is 0.948. The highest BCUT2D eigenvalue weighted by molar-refractivity contribution is 5.69. The van der Waals surface area contributed by atoms with E-state index in [4.69, 9.17) is 4.74 Å². The molecule has 60 heavy (non-hydrogen) atoms. The van der Waals surface area contributed by atoms with E-state index in [1.165, 1.54) is 315 Å². The molecule has 0 spiro atoms. The summed E-state index contributed by atoms with van der Waals surface area (Å²) in [6.45, 7) is 5.23. The van der Waals surface area contributed by atoms with Gasteiger partial charge in [-0.15, -0.1) is 0 Å². The number of unbranched alkanes of at least 4 members (excludes halogenated alkanes) is 48. The molecule has 0 saturated carbocycles. The molecule has 0 rings (SSSR count). The summed E-state index contributed by atoms with van der Waals surface area (Å²) in [6, 6.07) is 0. The lowest BCUT2D eigenvalue weighted by atomic mass is 10.0. The lowest BCUT2D eigenvalue weighted by Crippen LogP contribution is -2.05. The smallest absolute Gasteiger partial charge is 0.305 e. The van der Waals surface area contributed by atoms with Crippen molar-refractivity contribution in [3.8, 4) is 0 Å². The zero-order chi connectivity index (χ0) is 43.2. The standard InChI is InChI=1S/C58H114O2/c1-3-5-7-9-11-13-15-17-19-21-23-25-26-27-28-29-30-31-32-33-34-35-36-37-38-40-42-44-46-48-50-52-54-56-58(59)60-57-55-53-51-49-47-45-43-41-39-24-22-20-18-16-14-12-10-8-6-4-2/h18,20H,3-17,19,21-57H2,1-2H3/b20-18-. The number of ether oxygens (including phenoxy) is 1. The predicted molar refractivity (Wildman–Crippen MR) is 272 cm³/mol. The number of hydrogen-bond donors (Lipinski definition) is 0. The van der Waals surface area contributed by atoms with Gasteiger partial charge in [-0.05, 0) is 38.5 Å². The van der Waals surface area contributed by atoms with Gasteiger partial charge in [-0.25, -0.2) is 0 Å². The molecular weight excluding hydrogens is 729 g/mol. The van der Waals surface area contributed by atoms with Crippen molar-refractivity contribution in [1.82, 2.24) is 0 Å². The SMILES string of the molecule is CCCCCCCC/C=C\CCCCCCCCCCCCOC(=O)CCCCCCCCCCCCCCCCCCCCCCCCCCCCCCCCCCC. The molecule has 0 aromatic heterocycles. The quantitative estimate of drug-likeness (QED) is 0.0346. The number of carbonyl (C=O) groups excluding carboxylic acids is 1. The third-order valence-electron chi connectivity index (χ3n) is 13.4. The fourth-order valence-electron chi connectivity index (χ4n) is 9.14. The van der Waals surface area contributed by atoms with E-state index in [-0.39, 0.29) is 5.97 Å². The molecule has 2 nitrogen and oxygen atoms in total. The highest BCUT2D eigenvalue weighted by Gasteiger charge is 2.03. The lowest BCUT2D eigenvalue weighted by Gasteiger charge is -2.06. The first-order valence-electron chi connectivity index (χ1n) is 28.6. The number of allylic oxidation sites excluding steroid dienone is 2. The number of esters is 1. The van der Waals surface area contributed by atoms with Crippen LogP contribution < -0.4 is 0 Å². The van der Waals surface area contributed by atoms with Crippen molar-refractivity contribution in [1.29, 1.82) is 0 Å². The van der Waals surface area contributed by atoms with Crippen molar-refractivity contribution in [2.45, 2.75) is 348 Å². The van der Waals surface area contributed by atoms with E-state index in [0.29, 0.717) is 13.0 Å². The molecule has 0 saturated heterocycles. The van der Waals surface area contributed by atoms with Crippen molar-refractivity contribution in [2.24, 2.45) is 0 Å². The van der Waals surface area contributed by atoms with Crippen molar-refractivity contribution >= 4 is 5.97 Å². The Labute approximate surface area is 380 Å². The van der Waals surface area contributed by atoms with Crippen LogP contribution in [0, 0.1) is 0 Å². The van der Waals surface area contributed by atoms with Crippen LogP contribution in [0.4, 0.5) is 0 Å². The first-order valence-corrected chi connectivity index (χ1v) is 28.6. The second-order valence-corrected chi connectivity index (χ2v) is 19.6. The Kier molecular flexibility index (Phi) is 55.5. The molecule has 0 aromatic carbocycles. The Morgan fingerprint density at radius 1 is 0.267 bits per heavy atom. The molecule has 0 aromatic rings. The minimum absolute atomic E-state index is 0.0315. The summed E-state index contributed by atoms with van der Waals surface area (Å²) < 4.78 is 5.50. The Bertz CT molecular complexity index is 788. The normalized spacial score (nSPS) is 11.7. The largest absolute Gasteiger partial charge is 0.466 e. The summed E-state index contributed by atoms with van der Waals surface area (Å²) in [6.07, 6.45) is 76.8. The van der Waals surface area contributed by atoms with Gasteiger partial charge in [0.25, 0.3) is 0 Å². The molecule has 358 valence electrons. The highest BCUT2D eigenvalue weighted by atomic mass is 16.5. The molecule has 0 atom stereocenters. The third kappa shape index (κ3) is 55.2. The van der Waals surface area contributed by atoms with E-state index in [2.05, 4.69) is 26.0 Å². The van der Waals surface area contributed by atoms with Crippen molar-refractivity contribution in [3.05, 3.63) is 12.2 Å². The Morgan fingerprint density at radius 3 is 0.717 bits per heavy atom. The number of hydrogen-bond acceptors (Lipinski definition) is 2. The molecule has 0 aliphatic rings. The van der Waals surface area contributed by atoms with E-state index in [1.54, 1.807) is 0 Å². The van der Waals surface area contributed by atoms with Gasteiger partial charge in [0.15, 0.2) is 0 Å². The minimum atomic E-state index is 0.0315. The first-order chi connectivity index (χ1) is 29.8. The van der Waals surface area contributed by atoms with E-state index in [9.17, 15) is 4.79 Å². The maximum atomic E-state index is 12.1. The van der Waals surface area contributed by atoms with Gasteiger partial charge in [0.05, 0.1) is 6.61 Å². The molecule has 0 unspecified atom stereocenters. The van der Waals surface area contributed by atoms with E-state index >= 15 is 0 Å². The Balaban J connectivity index is 3.15. The summed E-state index contributed by atoms with van der Waals surface area (Å²) in [7, 11) is 0. The highest BCUT2D eigenvalue weighted by Crippen LogP contribution is 2.18. The van der Waals surface area contributed by atoms with E-state index < -0.39 is 0 Å². The van der Waals surface area contributed by atoms with Gasteiger partial charge >= 0.3 is 5.97 Å². The van der Waals surface area contributed by atoms with Crippen LogP contribution in [0.2, 0.25) is 0 Å². The average Bonchev–Trinajstić information content (AvgIpc) is 3.25. The van der Waals surface area contributed by atoms with Crippen LogP contribution in [0.5, 0.6) is 0 Å². The molecule has 0 fully saturated rings. The van der Waals surface area contributed by atoms with Crippen LogP contribution in [-0.2, 0) is 9.53 Å². The van der Waals surface area contributed by atoms with Crippen LogP contribution >= 0.6 is 0 Å². The van der Waals surface area contributed by atoms with Crippen LogP contribution in [0.3, 0.4) is 0 Å². The van der Waals surface area contributed by atoms with Gasteiger partial charge in [0.1, 0.15) is 0 Å². The summed E-state index contributed by atoms with van der Waals surface area (Å²) in [5, 5.41) is 0. The molecule has 0 amide bonds. The minimum Gasteiger partial charge on any atom is -0.466 e. The molecule has 0 N–H and O–H groups in total. The van der Waals surface area contributed by atoms with Crippen LogP contribution in [0.1, 0.15) is 348 Å². The summed E-state index contributed by atoms with van der Waals surface area (Å²) >= 11 is 0. The van der Waals surface area contributed by atoms with Crippen LogP contribution in [0.25, 0.3) is 0 Å². The average molecular weight is 844 g/mol. The molecule has 0 aliphatic carbocycles. The lowest BCUT2D eigenvalue weighted by molar-refractivity contribution is -0.143. The zero-order valence-electron chi connectivity index (χ0n) is 41.9. The van der Waals surface area contributed by atoms with Crippen molar-refractivity contribution in [2.75, 3.05) is 6.61 Å². The van der Waals surface area contributed by atoms with Crippen LogP contribution in [0.15, 0.2) is 12.2 Å². The first kappa shape index (κ1) is 59.2. The second kappa shape index (κ2) is 56.2. The van der Waals surface area contributed by atoms with Crippen molar-refractivity contribution in [3.63, 3.8) is 0 Å². The van der Waals surface area contributed by atoms with Gasteiger partial charge < -0.3 is 4.74 Å². The summed E-state index contributed by atoms with van der Waals surface area (Å²) in [5.41, 5.74) is 0. The van der Waals surface area contributed by atoms with Gasteiger partial charge in [0.2, 0.25) is 0 Å². The van der Waals surface area contributed by atoms with E-state index in [1.807, 2.05) is 0 Å². The molecule has 0 aliphatic heterocycles. The Morgan fingerprint density at radius 2 is 0.467 bits per heavy atom. The second-order valence-electron chi connectivity index (χ2n) is 19.6. The summed E-state index contributed by atoms with van der Waals surface area (Å²) in [4.78, 5) is 12.1. The fourth-order valence-corrected chi connectivity index (χ4v) is 9.14. The maximum Gasteiger partial charge on any atom is 0.305 e. The predicted octanol–water partition coefficient (Wildman–Crippen LogP) is 21.4. The van der Waals surface area contributed by atoms with Gasteiger partial charge in [-0.3, -0.25) is 4.79 Å². The number of rotatable bonds is 54. The maximum absolute atomic E-state index is 12.1. The van der Waals surface area contributed by atoms with Gasteiger partial charge in [-0.1, -0.05) is 315 Å². The van der Waals surface area contributed by atoms with Crippen molar-refractivity contribution < 1.29 is 9.53 Å². The van der Waals surface area contributed by atoms with Crippen LogP contribution in [-0.4, -0.2) is 12.6 Å². The molecule has 2 heteroatoms. The monoisotopic (exact) mass is 843 g/mol. The molecule has 0 bridgehead atoms.